The summed E-state index contributed by atoms with van der Waals surface area (Å²) >= 11 is 0. The molecular weight excluding hydrogens is 384 g/mol. The standard InChI is InChI=1S/C22H26N2O4Si/c1-14-13-17(11-12-18(14)15-7-9-16(10-8-15)20(25)26)19-23-21(27-24-19)28-29(5,6)22(2,3)4/h7-13H,1-6H3,(H,25,26). The monoisotopic (exact) mass is 410 g/mol. The van der Waals surface area contributed by atoms with Crippen LogP contribution in [0.4, 0.5) is 0 Å². The van der Waals surface area contributed by atoms with Gasteiger partial charge in [0.15, 0.2) is 0 Å². The summed E-state index contributed by atoms with van der Waals surface area (Å²) in [4.78, 5) is 15.5. The second-order valence-electron chi connectivity index (χ2n) is 8.66. The number of hydrogen-bond acceptors (Lipinski definition) is 5. The first kappa shape index (κ1) is 20.8. The number of hydrogen-bond donors (Lipinski definition) is 1. The van der Waals surface area contributed by atoms with E-state index < -0.39 is 14.3 Å². The molecule has 0 aliphatic carbocycles. The fourth-order valence-corrected chi connectivity index (χ4v) is 3.48. The zero-order valence-corrected chi connectivity index (χ0v) is 18.6. The van der Waals surface area contributed by atoms with Gasteiger partial charge >= 0.3 is 12.0 Å². The topological polar surface area (TPSA) is 85.5 Å². The minimum absolute atomic E-state index is 0.0378. The Balaban J connectivity index is 1.84. The van der Waals surface area contributed by atoms with Crippen LogP contribution in [0.15, 0.2) is 47.0 Å². The van der Waals surface area contributed by atoms with E-state index in [1.807, 2.05) is 37.3 Å². The summed E-state index contributed by atoms with van der Waals surface area (Å²) in [5, 5.41) is 13.2. The SMILES string of the molecule is Cc1cc(-c2noc(O[Si](C)(C)C(C)(C)C)n2)ccc1-c1ccc(C(=O)O)cc1. The molecule has 0 saturated heterocycles. The number of aryl methyl sites for hydroxylation is 1. The summed E-state index contributed by atoms with van der Waals surface area (Å²) < 4.78 is 11.4. The smallest absolute Gasteiger partial charge is 0.403 e. The molecule has 0 atom stereocenters. The first-order chi connectivity index (χ1) is 13.5. The summed E-state index contributed by atoms with van der Waals surface area (Å²) in [6.07, 6.45) is 0.206. The van der Waals surface area contributed by atoms with Crippen LogP contribution in [0.1, 0.15) is 36.7 Å². The number of carboxylic acid groups (broad SMARTS) is 1. The third-order valence-electron chi connectivity index (χ3n) is 5.48. The van der Waals surface area contributed by atoms with E-state index in [9.17, 15) is 4.79 Å². The van der Waals surface area contributed by atoms with Crippen LogP contribution in [0.25, 0.3) is 22.5 Å². The van der Waals surface area contributed by atoms with Gasteiger partial charge in [0.1, 0.15) is 0 Å². The second-order valence-corrected chi connectivity index (χ2v) is 13.4. The Bertz CT molecular complexity index is 1030. The molecule has 1 N–H and O–H groups in total. The Labute approximate surface area is 171 Å². The van der Waals surface area contributed by atoms with E-state index in [-0.39, 0.29) is 16.7 Å². The molecule has 1 heterocycles. The molecule has 0 aliphatic heterocycles. The lowest BCUT2D eigenvalue weighted by Crippen LogP contribution is -2.43. The van der Waals surface area contributed by atoms with Gasteiger partial charge in [-0.3, -0.25) is 4.52 Å². The molecule has 2 aromatic carbocycles. The molecule has 0 fully saturated rings. The summed E-state index contributed by atoms with van der Waals surface area (Å²) in [7, 11) is -2.05. The molecule has 0 bridgehead atoms. The van der Waals surface area contributed by atoms with E-state index in [1.54, 1.807) is 12.1 Å². The third kappa shape index (κ3) is 4.40. The number of nitrogens with zero attached hydrogens (tertiary/aromatic N) is 2. The number of rotatable bonds is 5. The van der Waals surface area contributed by atoms with E-state index in [2.05, 4.69) is 44.0 Å². The number of aromatic carboxylic acids is 1. The highest BCUT2D eigenvalue weighted by atomic mass is 28.4. The van der Waals surface area contributed by atoms with Crippen LogP contribution in [0.5, 0.6) is 6.08 Å². The van der Waals surface area contributed by atoms with Gasteiger partial charge in [-0.15, -0.1) is 0 Å². The zero-order valence-electron chi connectivity index (χ0n) is 17.6. The molecule has 3 aromatic rings. The molecule has 0 radical (unpaired) electrons. The molecule has 0 unspecified atom stereocenters. The maximum atomic E-state index is 11.0. The minimum atomic E-state index is -2.05. The van der Waals surface area contributed by atoms with Gasteiger partial charge in [-0.25, -0.2) is 4.79 Å². The van der Waals surface area contributed by atoms with Crippen LogP contribution < -0.4 is 4.43 Å². The van der Waals surface area contributed by atoms with Crippen LogP contribution >= 0.6 is 0 Å². The lowest BCUT2D eigenvalue weighted by molar-refractivity contribution is 0.0697. The van der Waals surface area contributed by atoms with Crippen molar-refractivity contribution in [2.24, 2.45) is 0 Å². The maximum Gasteiger partial charge on any atom is 0.403 e. The van der Waals surface area contributed by atoms with Crippen LogP contribution in [0.2, 0.25) is 18.1 Å². The summed E-state index contributed by atoms with van der Waals surface area (Å²) in [5.74, 6) is -0.453. The Morgan fingerprint density at radius 2 is 1.69 bits per heavy atom. The van der Waals surface area contributed by atoms with Gasteiger partial charge in [0.2, 0.25) is 5.82 Å². The van der Waals surface area contributed by atoms with Crippen molar-refractivity contribution in [2.45, 2.75) is 45.8 Å². The van der Waals surface area contributed by atoms with E-state index in [0.717, 1.165) is 22.3 Å². The van der Waals surface area contributed by atoms with E-state index in [0.29, 0.717) is 5.82 Å². The van der Waals surface area contributed by atoms with Crippen LogP contribution in [-0.4, -0.2) is 29.5 Å². The number of benzene rings is 2. The summed E-state index contributed by atoms with van der Waals surface area (Å²) in [6, 6.07) is 12.7. The number of aromatic nitrogens is 2. The lowest BCUT2D eigenvalue weighted by atomic mass is 9.97. The van der Waals surface area contributed by atoms with Gasteiger partial charge in [0, 0.05) is 5.56 Å². The zero-order chi connectivity index (χ0) is 21.4. The third-order valence-corrected chi connectivity index (χ3v) is 9.78. The molecule has 0 spiro atoms. The van der Waals surface area contributed by atoms with Crippen molar-refractivity contribution in [2.75, 3.05) is 0 Å². The Morgan fingerprint density at radius 3 is 2.24 bits per heavy atom. The van der Waals surface area contributed by atoms with Crippen molar-refractivity contribution in [3.05, 3.63) is 53.6 Å². The highest BCUT2D eigenvalue weighted by Gasteiger charge is 2.40. The Morgan fingerprint density at radius 1 is 1.07 bits per heavy atom. The molecular formula is C22H26N2O4Si. The van der Waals surface area contributed by atoms with E-state index in [1.165, 1.54) is 0 Å². The average Bonchev–Trinajstić information content (AvgIpc) is 3.08. The Kier molecular flexibility index (Phi) is 5.36. The van der Waals surface area contributed by atoms with Gasteiger partial charge < -0.3 is 9.53 Å². The Hall–Kier alpha value is -2.93. The molecule has 0 amide bonds. The molecule has 6 nitrogen and oxygen atoms in total. The molecule has 0 saturated carbocycles. The van der Waals surface area contributed by atoms with Crippen molar-refractivity contribution in [3.63, 3.8) is 0 Å². The predicted molar refractivity (Wildman–Crippen MR) is 115 cm³/mol. The molecule has 3 rings (SSSR count). The molecule has 0 aliphatic rings. The highest BCUT2D eigenvalue weighted by Crippen LogP contribution is 2.37. The fourth-order valence-electron chi connectivity index (χ4n) is 2.66. The highest BCUT2D eigenvalue weighted by molar-refractivity contribution is 6.74. The van der Waals surface area contributed by atoms with Gasteiger partial charge in [-0.2, -0.15) is 4.98 Å². The average molecular weight is 411 g/mol. The van der Waals surface area contributed by atoms with E-state index >= 15 is 0 Å². The van der Waals surface area contributed by atoms with Crippen LogP contribution in [0.3, 0.4) is 0 Å². The predicted octanol–water partition coefficient (Wildman–Crippen LogP) is 5.79. The molecule has 29 heavy (non-hydrogen) atoms. The van der Waals surface area contributed by atoms with Gasteiger partial charge in [-0.1, -0.05) is 50.2 Å². The van der Waals surface area contributed by atoms with Crippen molar-refractivity contribution >= 4 is 14.3 Å². The first-order valence-corrected chi connectivity index (χ1v) is 12.4. The van der Waals surface area contributed by atoms with Crippen LogP contribution in [-0.2, 0) is 0 Å². The normalized spacial score (nSPS) is 12.1. The molecule has 7 heteroatoms. The molecule has 152 valence electrons. The second kappa shape index (κ2) is 7.48. The van der Waals surface area contributed by atoms with Crippen molar-refractivity contribution in [1.82, 2.24) is 10.1 Å². The number of carboxylic acids is 1. The molecule has 1 aromatic heterocycles. The van der Waals surface area contributed by atoms with Crippen molar-refractivity contribution in [1.29, 1.82) is 0 Å². The summed E-state index contributed by atoms with van der Waals surface area (Å²) in [6.45, 7) is 12.7. The van der Waals surface area contributed by atoms with Gasteiger partial charge in [0.25, 0.3) is 8.32 Å². The first-order valence-electron chi connectivity index (χ1n) is 9.45. The van der Waals surface area contributed by atoms with Crippen molar-refractivity contribution in [3.8, 4) is 28.6 Å². The summed E-state index contributed by atoms with van der Waals surface area (Å²) in [5.41, 5.74) is 4.11. The fraction of sp³-hybridized carbons (Fsp3) is 0.318. The maximum absolute atomic E-state index is 11.0. The lowest BCUT2D eigenvalue weighted by Gasteiger charge is -2.34. The quantitative estimate of drug-likeness (QED) is 0.536. The van der Waals surface area contributed by atoms with Gasteiger partial charge in [0.05, 0.1) is 5.56 Å². The van der Waals surface area contributed by atoms with Crippen molar-refractivity contribution < 1.29 is 18.9 Å². The minimum Gasteiger partial charge on any atom is -0.503 e. The van der Waals surface area contributed by atoms with Crippen LogP contribution in [0, 0.1) is 6.92 Å². The van der Waals surface area contributed by atoms with Gasteiger partial charge in [-0.05, 0) is 59.9 Å². The van der Waals surface area contributed by atoms with E-state index in [4.69, 9.17) is 14.1 Å². The number of carbonyl (C=O) groups is 1. The largest absolute Gasteiger partial charge is 0.503 e.